The smallest absolute Gasteiger partial charge is 0.191 e. The first-order valence-electron chi connectivity index (χ1n) is 7.84. The summed E-state index contributed by atoms with van der Waals surface area (Å²) in [5.74, 6) is 0.841. The zero-order valence-electron chi connectivity index (χ0n) is 14.4. The Morgan fingerprint density at radius 3 is 2.68 bits per heavy atom. The van der Waals surface area contributed by atoms with Crippen molar-refractivity contribution in [1.29, 1.82) is 0 Å². The Bertz CT molecular complexity index is 448. The zero-order chi connectivity index (χ0) is 16.2. The maximum absolute atomic E-state index is 5.06. The van der Waals surface area contributed by atoms with Crippen LogP contribution in [0.2, 0.25) is 0 Å². The highest BCUT2D eigenvalue weighted by atomic mass is 16.5. The summed E-state index contributed by atoms with van der Waals surface area (Å²) < 4.78 is 5.06. The average molecular weight is 306 g/mol. The summed E-state index contributed by atoms with van der Waals surface area (Å²) in [5.41, 5.74) is 2.59. The van der Waals surface area contributed by atoms with Crippen LogP contribution in [0.3, 0.4) is 0 Å². The molecule has 22 heavy (non-hydrogen) atoms. The summed E-state index contributed by atoms with van der Waals surface area (Å²) in [5, 5.41) is 6.70. The van der Waals surface area contributed by atoms with E-state index in [1.54, 1.807) is 14.2 Å². The van der Waals surface area contributed by atoms with Crippen molar-refractivity contribution in [2.45, 2.75) is 19.9 Å². The molecule has 0 saturated carbocycles. The van der Waals surface area contributed by atoms with Crippen LogP contribution < -0.4 is 10.6 Å². The molecule has 0 saturated heterocycles. The van der Waals surface area contributed by atoms with Crippen LogP contribution in [0.5, 0.6) is 0 Å². The largest absolute Gasteiger partial charge is 0.385 e. The number of methoxy groups -OCH3 is 1. The van der Waals surface area contributed by atoms with Crippen LogP contribution >= 0.6 is 0 Å². The van der Waals surface area contributed by atoms with E-state index in [0.29, 0.717) is 0 Å². The van der Waals surface area contributed by atoms with E-state index in [2.05, 4.69) is 58.8 Å². The fourth-order valence-corrected chi connectivity index (χ4v) is 2.16. The molecule has 1 rings (SSSR count). The van der Waals surface area contributed by atoms with E-state index in [9.17, 15) is 0 Å². The number of benzene rings is 1. The average Bonchev–Trinajstić information content (AvgIpc) is 2.52. The number of likely N-dealkylation sites (N-methyl/N-ethyl adjacent to an activating group) is 1. The first kappa shape index (κ1) is 18.5. The van der Waals surface area contributed by atoms with Gasteiger partial charge in [0.2, 0.25) is 0 Å². The van der Waals surface area contributed by atoms with Crippen molar-refractivity contribution >= 4 is 5.96 Å². The van der Waals surface area contributed by atoms with Gasteiger partial charge in [-0.1, -0.05) is 24.3 Å². The molecule has 5 heteroatoms. The van der Waals surface area contributed by atoms with Gasteiger partial charge in [0.15, 0.2) is 5.96 Å². The quantitative estimate of drug-likeness (QED) is 0.414. The summed E-state index contributed by atoms with van der Waals surface area (Å²) in [4.78, 5) is 6.55. The van der Waals surface area contributed by atoms with Crippen molar-refractivity contribution in [3.05, 3.63) is 35.4 Å². The van der Waals surface area contributed by atoms with Crippen LogP contribution in [0, 0.1) is 6.92 Å². The first-order valence-corrected chi connectivity index (χ1v) is 7.84. The molecule has 0 aromatic heterocycles. The molecule has 2 N–H and O–H groups in total. The second kappa shape index (κ2) is 11.0. The molecule has 124 valence electrons. The fraction of sp³-hybridized carbons (Fsp3) is 0.588. The van der Waals surface area contributed by atoms with Crippen molar-refractivity contribution < 1.29 is 4.74 Å². The monoisotopic (exact) mass is 306 g/mol. The van der Waals surface area contributed by atoms with Crippen molar-refractivity contribution in [2.24, 2.45) is 4.99 Å². The topological polar surface area (TPSA) is 48.9 Å². The van der Waals surface area contributed by atoms with Crippen LogP contribution in [-0.2, 0) is 11.3 Å². The van der Waals surface area contributed by atoms with E-state index in [0.717, 1.165) is 45.2 Å². The molecule has 5 nitrogen and oxygen atoms in total. The molecule has 0 aliphatic carbocycles. The third kappa shape index (κ3) is 7.43. The molecule has 0 unspecified atom stereocenters. The van der Waals surface area contributed by atoms with Gasteiger partial charge in [-0.15, -0.1) is 0 Å². The first-order chi connectivity index (χ1) is 10.7. The Labute approximate surface area is 134 Å². The number of guanidine groups is 1. The van der Waals surface area contributed by atoms with Gasteiger partial charge < -0.3 is 20.3 Å². The molecule has 0 amide bonds. The van der Waals surface area contributed by atoms with Gasteiger partial charge in [-0.2, -0.15) is 0 Å². The predicted molar refractivity (Wildman–Crippen MR) is 93.4 cm³/mol. The Balaban J connectivity index is 2.24. The number of rotatable bonds is 9. The molecular weight excluding hydrogens is 276 g/mol. The van der Waals surface area contributed by atoms with E-state index in [4.69, 9.17) is 4.74 Å². The second-order valence-corrected chi connectivity index (χ2v) is 5.43. The number of hydrogen-bond acceptors (Lipinski definition) is 3. The van der Waals surface area contributed by atoms with Crippen LogP contribution in [0.15, 0.2) is 29.3 Å². The van der Waals surface area contributed by atoms with Crippen molar-refractivity contribution in [2.75, 3.05) is 47.4 Å². The summed E-state index contributed by atoms with van der Waals surface area (Å²) in [6.45, 7) is 6.63. The minimum absolute atomic E-state index is 0.788. The molecule has 0 spiro atoms. The third-order valence-electron chi connectivity index (χ3n) is 3.61. The molecule has 0 atom stereocenters. The molecule has 0 heterocycles. The standard InChI is InChI=1S/C17H30N4O/c1-15-8-5-6-9-16(15)14-20-17(18-2)19-10-12-21(3)11-7-13-22-4/h5-6,8-9H,7,10-14H2,1-4H3,(H2,18,19,20). The number of aliphatic imine (C=N–C) groups is 1. The van der Waals surface area contributed by atoms with Crippen LogP contribution in [0.25, 0.3) is 0 Å². The van der Waals surface area contributed by atoms with Crippen molar-refractivity contribution in [3.8, 4) is 0 Å². The number of nitrogens with one attached hydrogen (secondary N) is 2. The lowest BCUT2D eigenvalue weighted by Crippen LogP contribution is -2.40. The summed E-state index contributed by atoms with van der Waals surface area (Å²) in [6, 6.07) is 8.39. The highest BCUT2D eigenvalue weighted by Gasteiger charge is 2.02. The molecular formula is C17H30N4O. The van der Waals surface area contributed by atoms with Crippen LogP contribution in [0.4, 0.5) is 0 Å². The van der Waals surface area contributed by atoms with Gasteiger partial charge in [0.05, 0.1) is 0 Å². The van der Waals surface area contributed by atoms with Crippen LogP contribution in [0.1, 0.15) is 17.5 Å². The fourth-order valence-electron chi connectivity index (χ4n) is 2.16. The van der Waals surface area contributed by atoms with E-state index in [1.807, 2.05) is 0 Å². The Hall–Kier alpha value is -1.59. The summed E-state index contributed by atoms with van der Waals surface area (Å²) in [7, 11) is 5.67. The Morgan fingerprint density at radius 2 is 2.00 bits per heavy atom. The molecule has 1 aromatic rings. The van der Waals surface area contributed by atoms with Gasteiger partial charge in [-0.05, 0) is 31.5 Å². The maximum atomic E-state index is 5.06. The van der Waals surface area contributed by atoms with Crippen molar-refractivity contribution in [3.63, 3.8) is 0 Å². The molecule has 0 radical (unpaired) electrons. The third-order valence-corrected chi connectivity index (χ3v) is 3.61. The van der Waals surface area contributed by atoms with Crippen LogP contribution in [-0.4, -0.2) is 58.3 Å². The van der Waals surface area contributed by atoms with E-state index in [1.165, 1.54) is 11.1 Å². The molecule has 0 aliphatic rings. The zero-order valence-corrected chi connectivity index (χ0v) is 14.4. The van der Waals surface area contributed by atoms with E-state index >= 15 is 0 Å². The van der Waals surface area contributed by atoms with Gasteiger partial charge in [0.1, 0.15) is 0 Å². The molecule has 0 aliphatic heterocycles. The van der Waals surface area contributed by atoms with Gasteiger partial charge in [-0.25, -0.2) is 0 Å². The SMILES string of the molecule is CN=C(NCCN(C)CCCOC)NCc1ccccc1C. The van der Waals surface area contributed by atoms with Gasteiger partial charge >= 0.3 is 0 Å². The number of aryl methyl sites for hydroxylation is 1. The number of hydrogen-bond donors (Lipinski definition) is 2. The molecule has 1 aromatic carbocycles. The van der Waals surface area contributed by atoms with E-state index in [-0.39, 0.29) is 0 Å². The van der Waals surface area contributed by atoms with Gasteiger partial charge in [0.25, 0.3) is 0 Å². The Morgan fingerprint density at radius 1 is 1.23 bits per heavy atom. The van der Waals surface area contributed by atoms with E-state index < -0.39 is 0 Å². The lowest BCUT2D eigenvalue weighted by atomic mass is 10.1. The lowest BCUT2D eigenvalue weighted by molar-refractivity contribution is 0.180. The lowest BCUT2D eigenvalue weighted by Gasteiger charge is -2.18. The minimum Gasteiger partial charge on any atom is -0.385 e. The maximum Gasteiger partial charge on any atom is 0.191 e. The van der Waals surface area contributed by atoms with Crippen molar-refractivity contribution in [1.82, 2.24) is 15.5 Å². The second-order valence-electron chi connectivity index (χ2n) is 5.43. The normalized spacial score (nSPS) is 11.8. The number of ether oxygens (including phenoxy) is 1. The predicted octanol–water partition coefficient (Wildman–Crippen LogP) is 1.63. The molecule has 0 bridgehead atoms. The summed E-state index contributed by atoms with van der Waals surface area (Å²) in [6.07, 6.45) is 1.06. The highest BCUT2D eigenvalue weighted by Crippen LogP contribution is 2.05. The highest BCUT2D eigenvalue weighted by molar-refractivity contribution is 5.79. The van der Waals surface area contributed by atoms with Gasteiger partial charge in [0, 0.05) is 46.9 Å². The molecule has 0 fully saturated rings. The minimum atomic E-state index is 0.788. The number of nitrogens with zero attached hydrogens (tertiary/aromatic N) is 2. The summed E-state index contributed by atoms with van der Waals surface area (Å²) >= 11 is 0. The van der Waals surface area contributed by atoms with Gasteiger partial charge in [-0.3, -0.25) is 4.99 Å². The Kier molecular flexibility index (Phi) is 9.26.